The molecule has 2 aromatic carbocycles. The molecule has 0 spiro atoms. The van der Waals surface area contributed by atoms with Crippen LogP contribution in [0.25, 0.3) is 10.8 Å². The van der Waals surface area contributed by atoms with Gasteiger partial charge in [0.2, 0.25) is 5.91 Å². The summed E-state index contributed by atoms with van der Waals surface area (Å²) in [6, 6.07) is 12.8. The third-order valence-corrected chi connectivity index (χ3v) is 7.43. The molecule has 0 radical (unpaired) electrons. The smallest absolute Gasteiger partial charge is 0.412 e. The maximum absolute atomic E-state index is 13.8. The molecule has 1 fully saturated rings. The van der Waals surface area contributed by atoms with Gasteiger partial charge in [0.25, 0.3) is 0 Å². The van der Waals surface area contributed by atoms with Crippen LogP contribution in [0.3, 0.4) is 0 Å². The van der Waals surface area contributed by atoms with Gasteiger partial charge >= 0.3 is 12.1 Å². The fourth-order valence-electron chi connectivity index (χ4n) is 4.61. The van der Waals surface area contributed by atoms with Gasteiger partial charge in [0.1, 0.15) is 18.2 Å². The molecule has 3 aromatic rings. The van der Waals surface area contributed by atoms with Crippen LogP contribution in [-0.4, -0.2) is 78.2 Å². The number of amides is 4. The molecule has 0 saturated carbocycles. The zero-order valence-electron chi connectivity index (χ0n) is 23.0. The first-order valence-corrected chi connectivity index (χ1v) is 13.8. The Morgan fingerprint density at radius 3 is 2.78 bits per heavy atom. The van der Waals surface area contributed by atoms with Gasteiger partial charge in [-0.05, 0) is 36.4 Å². The van der Waals surface area contributed by atoms with Crippen molar-refractivity contribution >= 4 is 46.2 Å². The van der Waals surface area contributed by atoms with Crippen LogP contribution in [0, 0.1) is 5.82 Å². The molecule has 1 aliphatic heterocycles. The Labute approximate surface area is 243 Å². The second-order valence-corrected chi connectivity index (χ2v) is 10.4. The van der Waals surface area contributed by atoms with Gasteiger partial charge in [0.15, 0.2) is 0 Å². The lowest BCUT2D eigenvalue weighted by Crippen LogP contribution is -2.51. The monoisotopic (exact) mass is 584 g/mol. The summed E-state index contributed by atoms with van der Waals surface area (Å²) in [6.07, 6.45) is 1.35. The van der Waals surface area contributed by atoms with Crippen molar-refractivity contribution in [3.63, 3.8) is 0 Å². The summed E-state index contributed by atoms with van der Waals surface area (Å²) >= 11 is 6.01. The number of hydrogen-bond acceptors (Lipinski definition) is 6. The van der Waals surface area contributed by atoms with Crippen LogP contribution >= 0.6 is 11.6 Å². The number of anilines is 1. The number of urea groups is 1. The largest absolute Gasteiger partial charge is 0.447 e. The number of carbonyl (C=O) groups is 3. The first-order valence-electron chi connectivity index (χ1n) is 13.4. The molecular weight excluding hydrogens is 551 g/mol. The van der Waals surface area contributed by atoms with Crippen LogP contribution < -0.4 is 16.0 Å². The normalized spacial score (nSPS) is 15.7. The Morgan fingerprint density at radius 2 is 2.00 bits per heavy atom. The lowest BCUT2D eigenvalue weighted by Gasteiger charge is -2.33. The average molecular weight is 585 g/mol. The van der Waals surface area contributed by atoms with Crippen LogP contribution in [0.5, 0.6) is 0 Å². The second-order valence-electron chi connectivity index (χ2n) is 10.0. The SMILES string of the molecule is C[C@H]1CN(C(=O)CC[C@@H](COC(=O)Nc2cc3ccccc3cn2)N(C)C(=O)NCc2cccc(F)c2Cl)CCN1. The third-order valence-electron chi connectivity index (χ3n) is 7.01. The zero-order chi connectivity index (χ0) is 29.4. The van der Waals surface area contributed by atoms with Crippen molar-refractivity contribution in [1.82, 2.24) is 25.4 Å². The number of pyridine rings is 1. The van der Waals surface area contributed by atoms with Crippen LogP contribution in [0.2, 0.25) is 5.02 Å². The summed E-state index contributed by atoms with van der Waals surface area (Å²) in [7, 11) is 1.55. The Hall–Kier alpha value is -3.96. The van der Waals surface area contributed by atoms with Gasteiger partial charge in [0, 0.05) is 57.3 Å². The van der Waals surface area contributed by atoms with E-state index in [0.29, 0.717) is 31.0 Å². The first kappa shape index (κ1) is 30.0. The maximum atomic E-state index is 13.8. The van der Waals surface area contributed by atoms with Crippen molar-refractivity contribution in [2.45, 2.75) is 38.4 Å². The van der Waals surface area contributed by atoms with Gasteiger partial charge in [0.05, 0.1) is 11.1 Å². The summed E-state index contributed by atoms with van der Waals surface area (Å²) in [5.41, 5.74) is 0.423. The summed E-state index contributed by atoms with van der Waals surface area (Å²) in [4.78, 5) is 46.0. The van der Waals surface area contributed by atoms with Gasteiger partial charge in [-0.1, -0.05) is 48.0 Å². The van der Waals surface area contributed by atoms with Gasteiger partial charge in [-0.2, -0.15) is 0 Å². The van der Waals surface area contributed by atoms with Crippen LogP contribution in [0.1, 0.15) is 25.3 Å². The molecule has 0 aliphatic carbocycles. The minimum Gasteiger partial charge on any atom is -0.447 e. The minimum absolute atomic E-state index is 0.000933. The number of likely N-dealkylation sites (N-methyl/N-ethyl adjacent to an activating group) is 1. The molecule has 0 unspecified atom stereocenters. The number of fused-ring (bicyclic) bond motifs is 1. The number of carbonyl (C=O) groups excluding carboxylic acids is 3. The fraction of sp³-hybridized carbons (Fsp3) is 0.379. The molecule has 4 amide bonds. The van der Waals surface area contributed by atoms with E-state index in [9.17, 15) is 18.8 Å². The van der Waals surface area contributed by atoms with E-state index in [4.69, 9.17) is 16.3 Å². The summed E-state index contributed by atoms with van der Waals surface area (Å²) in [6.45, 7) is 3.78. The maximum Gasteiger partial charge on any atom is 0.412 e. The predicted molar refractivity (Wildman–Crippen MR) is 155 cm³/mol. The molecule has 41 heavy (non-hydrogen) atoms. The van der Waals surface area contributed by atoms with E-state index >= 15 is 0 Å². The standard InChI is InChI=1S/C29H34ClFN6O4/c1-19-17-37(13-12-32-19)26(38)11-10-23(36(2)28(39)34-16-22-8-5-9-24(31)27(22)30)18-41-29(40)35-25-14-20-6-3-4-7-21(20)15-33-25/h3-9,14-15,19,23,32H,10-13,16-18H2,1-2H3,(H,34,39)(H,33,35,40)/t19-,23-/m0/s1. The second kappa shape index (κ2) is 14.1. The predicted octanol–water partition coefficient (Wildman–Crippen LogP) is 4.39. The average Bonchev–Trinajstić information content (AvgIpc) is 2.97. The van der Waals surface area contributed by atoms with Crippen molar-refractivity contribution in [1.29, 1.82) is 0 Å². The Balaban J connectivity index is 1.38. The van der Waals surface area contributed by atoms with E-state index in [1.54, 1.807) is 30.3 Å². The number of benzene rings is 2. The molecule has 1 aromatic heterocycles. The van der Waals surface area contributed by atoms with Crippen molar-refractivity contribution < 1.29 is 23.5 Å². The lowest BCUT2D eigenvalue weighted by atomic mass is 10.1. The fourth-order valence-corrected chi connectivity index (χ4v) is 4.80. The van der Waals surface area contributed by atoms with E-state index in [-0.39, 0.29) is 43.0 Å². The van der Waals surface area contributed by atoms with Crippen molar-refractivity contribution in [3.8, 4) is 0 Å². The summed E-state index contributed by atoms with van der Waals surface area (Å²) in [5.74, 6) is -0.287. The van der Waals surface area contributed by atoms with Gasteiger partial charge in [-0.15, -0.1) is 0 Å². The van der Waals surface area contributed by atoms with Crippen LogP contribution in [-0.2, 0) is 16.1 Å². The molecule has 218 valence electrons. The molecule has 1 saturated heterocycles. The highest BCUT2D eigenvalue weighted by molar-refractivity contribution is 6.31. The molecular formula is C29H34ClFN6O4. The summed E-state index contributed by atoms with van der Waals surface area (Å²) < 4.78 is 19.3. The first-order chi connectivity index (χ1) is 19.7. The molecule has 12 heteroatoms. The lowest BCUT2D eigenvalue weighted by molar-refractivity contribution is -0.132. The third kappa shape index (κ3) is 8.27. The zero-order valence-corrected chi connectivity index (χ0v) is 23.8. The van der Waals surface area contributed by atoms with E-state index in [0.717, 1.165) is 10.8 Å². The molecule has 3 N–H and O–H groups in total. The number of piperazine rings is 1. The van der Waals surface area contributed by atoms with E-state index in [1.165, 1.54) is 17.0 Å². The van der Waals surface area contributed by atoms with Gasteiger partial charge in [-0.25, -0.2) is 19.0 Å². The molecule has 2 atom stereocenters. The Morgan fingerprint density at radius 1 is 1.22 bits per heavy atom. The minimum atomic E-state index is -0.736. The number of nitrogens with zero attached hydrogens (tertiary/aromatic N) is 3. The van der Waals surface area contributed by atoms with E-state index in [1.807, 2.05) is 31.2 Å². The number of halogens is 2. The molecule has 1 aliphatic rings. The van der Waals surface area contributed by atoms with Crippen LogP contribution in [0.15, 0.2) is 54.7 Å². The summed E-state index contributed by atoms with van der Waals surface area (Å²) in [5, 5.41) is 10.4. The molecule has 0 bridgehead atoms. The number of ether oxygens (including phenoxy) is 1. The number of hydrogen-bond donors (Lipinski definition) is 3. The number of rotatable bonds is 9. The Bertz CT molecular complexity index is 1390. The highest BCUT2D eigenvalue weighted by Gasteiger charge is 2.26. The van der Waals surface area contributed by atoms with E-state index in [2.05, 4.69) is 20.9 Å². The molecule has 10 nitrogen and oxygen atoms in total. The van der Waals surface area contributed by atoms with Crippen molar-refractivity contribution in [3.05, 3.63) is 71.1 Å². The molecule has 4 rings (SSSR count). The highest BCUT2D eigenvalue weighted by Crippen LogP contribution is 2.20. The van der Waals surface area contributed by atoms with E-state index < -0.39 is 24.0 Å². The highest BCUT2D eigenvalue weighted by atomic mass is 35.5. The topological polar surface area (TPSA) is 116 Å². The van der Waals surface area contributed by atoms with Crippen molar-refractivity contribution in [2.24, 2.45) is 0 Å². The Kier molecular flexibility index (Phi) is 10.3. The quantitative estimate of drug-likeness (QED) is 0.344. The molecule has 2 heterocycles. The van der Waals surface area contributed by atoms with Crippen molar-refractivity contribution in [2.75, 3.05) is 38.6 Å². The van der Waals surface area contributed by atoms with Gasteiger partial charge < -0.3 is 25.2 Å². The van der Waals surface area contributed by atoms with Crippen LogP contribution in [0.4, 0.5) is 19.8 Å². The number of aromatic nitrogens is 1. The van der Waals surface area contributed by atoms with Gasteiger partial charge in [-0.3, -0.25) is 10.1 Å². The number of nitrogens with one attached hydrogen (secondary N) is 3.